The molecule has 7 rings (SSSR count). The molecule has 326 valence electrons. The van der Waals surface area contributed by atoms with Gasteiger partial charge in [0.1, 0.15) is 0 Å². The largest absolute Gasteiger partial charge is 0.456 e. The van der Waals surface area contributed by atoms with Crippen LogP contribution in [0.4, 0.5) is 52.7 Å². The first kappa shape index (κ1) is 45.3. The Balaban J connectivity index is 1.51. The van der Waals surface area contributed by atoms with Gasteiger partial charge < -0.3 is 0 Å². The van der Waals surface area contributed by atoms with E-state index >= 15 is 0 Å². The monoisotopic (exact) mass is 896 g/mol. The van der Waals surface area contributed by atoms with Gasteiger partial charge in [0.15, 0.2) is 17.1 Å². The maximum absolute atomic E-state index is 14.5. The number of halogens is 12. The summed E-state index contributed by atoms with van der Waals surface area (Å²) in [5.74, 6) is -2.93. The van der Waals surface area contributed by atoms with Crippen LogP contribution in [0.1, 0.15) is 41.5 Å². The van der Waals surface area contributed by atoms with E-state index in [1.165, 1.54) is 65.0 Å². The number of hydrogen-bond donors (Lipinski definition) is 0. The van der Waals surface area contributed by atoms with Gasteiger partial charge in [-0.05, 0) is 87.7 Å². The third-order valence-corrected chi connectivity index (χ3v) is 11.9. The summed E-state index contributed by atoms with van der Waals surface area (Å²) in [6.45, 7) is 9.12. The van der Waals surface area contributed by atoms with Crippen molar-refractivity contribution in [1.29, 1.82) is 0 Å². The van der Waals surface area contributed by atoms with Gasteiger partial charge in [-0.3, -0.25) is 0 Å². The third-order valence-electron chi connectivity index (χ3n) is 10.7. The zero-order valence-electron chi connectivity index (χ0n) is 34.3. The molecule has 0 unspecified atom stereocenters. The Morgan fingerprint density at radius 1 is 0.508 bits per heavy atom. The predicted molar refractivity (Wildman–Crippen MR) is 223 cm³/mol. The first-order chi connectivity index (χ1) is 29.0. The molecule has 0 N–H and O–H groups in total. The van der Waals surface area contributed by atoms with E-state index in [4.69, 9.17) is 0 Å². The molecule has 0 radical (unpaired) electrons. The number of benzene rings is 4. The van der Waals surface area contributed by atoms with Crippen molar-refractivity contribution in [3.63, 3.8) is 0 Å². The van der Waals surface area contributed by atoms with Gasteiger partial charge in [-0.25, -0.2) is 5.73 Å². The lowest BCUT2D eigenvalue weighted by Crippen LogP contribution is -2.30. The predicted octanol–water partition coefficient (Wildman–Crippen LogP) is 14.5. The molecule has 0 aliphatic heterocycles. The fraction of sp³-hybridized carbons (Fsp3) is 0.240. The Labute approximate surface area is 357 Å². The van der Waals surface area contributed by atoms with Crippen LogP contribution in [0.2, 0.25) is 0 Å². The summed E-state index contributed by atoms with van der Waals surface area (Å²) < 4.78 is 176. The zero-order chi connectivity index (χ0) is 46.2. The van der Waals surface area contributed by atoms with Gasteiger partial charge in [-0.2, -0.15) is 52.7 Å². The zero-order valence-corrected chi connectivity index (χ0v) is 35.2. The Hall–Kier alpha value is -5.74. The van der Waals surface area contributed by atoms with E-state index < -0.39 is 69.7 Å². The number of fused-ring (bicyclic) bond motifs is 2. The molecule has 0 atom stereocenters. The minimum Gasteiger partial charge on any atom is -0.226 e. The van der Waals surface area contributed by atoms with Crippen molar-refractivity contribution in [1.82, 2.24) is 0 Å². The minimum absolute atomic E-state index is 0.00451. The van der Waals surface area contributed by atoms with Crippen molar-refractivity contribution in [3.8, 4) is 0 Å². The highest BCUT2D eigenvalue weighted by Crippen LogP contribution is 2.50. The van der Waals surface area contributed by atoms with Crippen molar-refractivity contribution in [2.45, 2.75) is 66.2 Å². The molecule has 0 bridgehead atoms. The molecule has 4 aromatic carbocycles. The second-order valence-corrected chi connectivity index (χ2v) is 18.3. The molecular formula is C50H36F12S. The van der Waals surface area contributed by atoms with Crippen molar-refractivity contribution in [2.75, 3.05) is 0 Å². The van der Waals surface area contributed by atoms with Crippen LogP contribution in [0.25, 0.3) is 33.0 Å². The third kappa shape index (κ3) is 9.05. The molecular weight excluding hydrogens is 861 g/mol. The number of thiophene rings is 1. The average Bonchev–Trinajstić information content (AvgIpc) is 3.65. The van der Waals surface area contributed by atoms with E-state index in [1.807, 2.05) is 0 Å². The molecule has 0 amide bonds. The highest BCUT2D eigenvalue weighted by Gasteiger charge is 2.56. The lowest BCUT2D eigenvalue weighted by Gasteiger charge is -2.38. The van der Waals surface area contributed by atoms with Gasteiger partial charge in [0.25, 0.3) is 0 Å². The summed E-state index contributed by atoms with van der Waals surface area (Å²) in [6, 6.07) is 22.6. The topological polar surface area (TPSA) is 0 Å². The number of alkyl halides is 12. The summed E-state index contributed by atoms with van der Waals surface area (Å²) in [5, 5.41) is 2.87. The van der Waals surface area contributed by atoms with Gasteiger partial charge in [0, 0.05) is 43.3 Å². The average molecular weight is 897 g/mol. The second kappa shape index (κ2) is 15.5. The maximum Gasteiger partial charge on any atom is 0.456 e. The van der Waals surface area contributed by atoms with E-state index in [0.717, 1.165) is 24.3 Å². The first-order valence-corrected chi connectivity index (χ1v) is 20.2. The summed E-state index contributed by atoms with van der Waals surface area (Å²) in [7, 11) is 0. The van der Waals surface area contributed by atoms with Gasteiger partial charge in [0.05, 0.1) is 5.22 Å². The van der Waals surface area contributed by atoms with Crippen LogP contribution in [0.5, 0.6) is 0 Å². The van der Waals surface area contributed by atoms with Crippen LogP contribution >= 0.6 is 11.3 Å². The molecule has 0 nitrogen and oxygen atoms in total. The van der Waals surface area contributed by atoms with E-state index in [0.29, 0.717) is 41.0 Å². The van der Waals surface area contributed by atoms with Gasteiger partial charge in [-0.15, -0.1) is 29.1 Å². The molecule has 0 fully saturated rings. The van der Waals surface area contributed by atoms with Crippen LogP contribution in [-0.2, 0) is 0 Å². The molecule has 0 saturated carbocycles. The summed E-state index contributed by atoms with van der Waals surface area (Å²) in [6.07, 6.45) is -17.6. The van der Waals surface area contributed by atoms with Crippen LogP contribution < -0.4 is 10.4 Å². The van der Waals surface area contributed by atoms with Crippen LogP contribution in [0, 0.1) is 42.2 Å². The van der Waals surface area contributed by atoms with E-state index in [2.05, 4.69) is 11.5 Å². The Morgan fingerprint density at radius 3 is 1.38 bits per heavy atom. The lowest BCUT2D eigenvalue weighted by molar-refractivity contribution is -0.110. The number of rotatable bonds is 0. The molecule has 2 aliphatic rings. The Kier molecular flexibility index (Phi) is 11.1. The first-order valence-electron chi connectivity index (χ1n) is 19.4. The fourth-order valence-electron chi connectivity index (χ4n) is 7.46. The van der Waals surface area contributed by atoms with Crippen molar-refractivity contribution >= 4 is 44.3 Å². The van der Waals surface area contributed by atoms with Crippen molar-refractivity contribution in [2.24, 2.45) is 10.8 Å². The molecule has 2 aliphatic carbocycles. The smallest absolute Gasteiger partial charge is 0.226 e. The van der Waals surface area contributed by atoms with Gasteiger partial charge in [-0.1, -0.05) is 93.1 Å². The molecule has 5 aromatic rings. The number of allylic oxidation sites excluding steroid dienone is 10. The van der Waals surface area contributed by atoms with Gasteiger partial charge >= 0.3 is 24.7 Å². The molecule has 1 heterocycles. The standard InChI is InChI=1S/C50H36F12S/c1-45(2,3)29-23-39(47(51,52)53)37(40(24-29)48(54,55)56)21-27-15-17-35(33-13-9-7-11-31(27)33)43-19-20-44(63-43)36-18-16-28(32-12-8-10-14-34(32)36)22-38-41(49(57,58)59)25-30(46(4,5)6)26-42(38)50(60,61)62/h7-20,23-26H,1-6H3. The normalized spacial score (nSPS) is 17.0. The molecule has 0 spiro atoms. The molecule has 1 aromatic heterocycles. The maximum atomic E-state index is 14.5. The fourth-order valence-corrected chi connectivity index (χ4v) is 8.54. The Bertz CT molecular complexity index is 2990. The van der Waals surface area contributed by atoms with Crippen LogP contribution in [0.3, 0.4) is 0 Å². The van der Waals surface area contributed by atoms with E-state index in [9.17, 15) is 52.7 Å². The van der Waals surface area contributed by atoms with E-state index in [1.54, 1.807) is 72.8 Å². The molecule has 13 heteroatoms. The summed E-state index contributed by atoms with van der Waals surface area (Å²) in [5.41, 5.74) is -2.55. The lowest BCUT2D eigenvalue weighted by atomic mass is 9.76. The highest BCUT2D eigenvalue weighted by atomic mass is 32.1. The summed E-state index contributed by atoms with van der Waals surface area (Å²) in [4.78, 5) is 0. The molecule has 63 heavy (non-hydrogen) atoms. The van der Waals surface area contributed by atoms with Crippen molar-refractivity contribution in [3.05, 3.63) is 184 Å². The van der Waals surface area contributed by atoms with Crippen LogP contribution in [-0.4, -0.2) is 24.7 Å². The van der Waals surface area contributed by atoms with Crippen molar-refractivity contribution < 1.29 is 52.7 Å². The Morgan fingerprint density at radius 2 is 0.952 bits per heavy atom. The minimum atomic E-state index is -5.14. The second-order valence-electron chi connectivity index (χ2n) is 17.2. The highest BCUT2D eigenvalue weighted by molar-refractivity contribution is 7.08. The SMILES string of the molecule is CC(C)(C)C1=C[C+](C(F)(F)F)C(=C=c2ccc(=c3ccc(=c4ccc(=C=C5C(C(F)(F)F)=CC(C(C)(C)C)=C[C-]5C(F)(F)F)c5ccccc45)s3)c3ccccc23)C(C(F)(F)F)=C1. The quantitative estimate of drug-likeness (QED) is 0.107. The molecule has 0 saturated heterocycles. The van der Waals surface area contributed by atoms with Gasteiger partial charge in [0.2, 0.25) is 0 Å². The number of hydrogen-bond acceptors (Lipinski definition) is 1. The van der Waals surface area contributed by atoms with E-state index in [-0.39, 0.29) is 21.6 Å². The summed E-state index contributed by atoms with van der Waals surface area (Å²) >= 11 is 1.28. The van der Waals surface area contributed by atoms with Crippen LogP contribution in [0.15, 0.2) is 143 Å².